The fraction of sp³-hybridized carbons (Fsp3) is 0.333. The Morgan fingerprint density at radius 3 is 2.07 bits per heavy atom. The van der Waals surface area contributed by atoms with Crippen LogP contribution in [0.15, 0.2) is 24.3 Å². The van der Waals surface area contributed by atoms with E-state index >= 15 is 0 Å². The summed E-state index contributed by atoms with van der Waals surface area (Å²) in [5.41, 5.74) is 0.930. The largest absolute Gasteiger partial charge is 0.573 e. The molecular formula is C9H8F3NO. The summed E-state index contributed by atoms with van der Waals surface area (Å²) >= 11 is 0. The highest BCUT2D eigenvalue weighted by molar-refractivity contribution is 5.53. The number of ether oxygens (including phenoxy) is 1. The van der Waals surface area contributed by atoms with Crippen LogP contribution in [0, 0.1) is 0 Å². The second kappa shape index (κ2) is 3.08. The molecular weight excluding hydrogens is 195 g/mol. The van der Waals surface area contributed by atoms with Gasteiger partial charge in [-0.25, -0.2) is 0 Å². The number of nitrogens with zero attached hydrogens (tertiary/aromatic N) is 1. The van der Waals surface area contributed by atoms with Gasteiger partial charge >= 0.3 is 6.36 Å². The van der Waals surface area contributed by atoms with Crippen molar-refractivity contribution in [3.8, 4) is 5.75 Å². The average Bonchev–Trinajstić information content (AvgIpc) is 2.85. The van der Waals surface area contributed by atoms with Crippen LogP contribution >= 0.6 is 0 Å². The summed E-state index contributed by atoms with van der Waals surface area (Å²) in [7, 11) is 0. The number of hydrogen-bond donors (Lipinski definition) is 0. The summed E-state index contributed by atoms with van der Waals surface area (Å²) in [4.78, 5) is 2.04. The third-order valence-electron chi connectivity index (χ3n) is 1.88. The van der Waals surface area contributed by atoms with Gasteiger partial charge in [0.05, 0.1) is 0 Å². The van der Waals surface area contributed by atoms with E-state index in [-0.39, 0.29) is 5.75 Å². The molecule has 14 heavy (non-hydrogen) atoms. The average molecular weight is 203 g/mol. The van der Waals surface area contributed by atoms with Crippen molar-refractivity contribution in [2.45, 2.75) is 6.36 Å². The molecule has 1 aromatic carbocycles. The normalized spacial score (nSPS) is 15.5. The van der Waals surface area contributed by atoms with Crippen molar-refractivity contribution in [2.75, 3.05) is 18.0 Å². The van der Waals surface area contributed by atoms with Crippen LogP contribution in [0.3, 0.4) is 0 Å². The molecule has 0 amide bonds. The third-order valence-corrected chi connectivity index (χ3v) is 1.88. The molecule has 1 fully saturated rings. The van der Waals surface area contributed by atoms with Crippen molar-refractivity contribution in [1.29, 1.82) is 0 Å². The minimum Gasteiger partial charge on any atom is -0.406 e. The zero-order valence-corrected chi connectivity index (χ0v) is 7.21. The van der Waals surface area contributed by atoms with E-state index in [1.165, 1.54) is 12.1 Å². The van der Waals surface area contributed by atoms with Crippen LogP contribution in [0.4, 0.5) is 18.9 Å². The van der Waals surface area contributed by atoms with Gasteiger partial charge in [0, 0.05) is 18.8 Å². The van der Waals surface area contributed by atoms with Gasteiger partial charge in [0.2, 0.25) is 0 Å². The molecule has 0 atom stereocenters. The Morgan fingerprint density at radius 1 is 1.07 bits per heavy atom. The van der Waals surface area contributed by atoms with Gasteiger partial charge in [-0.3, -0.25) is 0 Å². The van der Waals surface area contributed by atoms with Gasteiger partial charge in [0.1, 0.15) is 5.75 Å². The van der Waals surface area contributed by atoms with Gasteiger partial charge in [-0.05, 0) is 24.3 Å². The lowest BCUT2D eigenvalue weighted by Crippen LogP contribution is -2.16. The topological polar surface area (TPSA) is 12.2 Å². The first-order valence-electron chi connectivity index (χ1n) is 4.15. The predicted octanol–water partition coefficient (Wildman–Crippen LogP) is 2.41. The van der Waals surface area contributed by atoms with E-state index in [0.717, 1.165) is 18.8 Å². The molecule has 0 unspecified atom stereocenters. The van der Waals surface area contributed by atoms with Crippen molar-refractivity contribution in [3.05, 3.63) is 24.3 Å². The second-order valence-electron chi connectivity index (χ2n) is 3.03. The molecule has 1 heterocycles. The highest BCUT2D eigenvalue weighted by Gasteiger charge is 2.31. The lowest BCUT2D eigenvalue weighted by atomic mass is 10.3. The third kappa shape index (κ3) is 2.31. The smallest absolute Gasteiger partial charge is 0.406 e. The molecule has 1 aliphatic heterocycles. The van der Waals surface area contributed by atoms with Crippen LogP contribution in [0.5, 0.6) is 5.75 Å². The van der Waals surface area contributed by atoms with Crippen LogP contribution in [0.25, 0.3) is 0 Å². The first-order valence-corrected chi connectivity index (χ1v) is 4.15. The fourth-order valence-corrected chi connectivity index (χ4v) is 1.17. The van der Waals surface area contributed by atoms with Crippen LogP contribution in [-0.4, -0.2) is 19.5 Å². The summed E-state index contributed by atoms with van der Waals surface area (Å²) in [5.74, 6) is -0.178. The van der Waals surface area contributed by atoms with Crippen molar-refractivity contribution in [3.63, 3.8) is 0 Å². The Kier molecular flexibility index (Phi) is 2.02. The maximum Gasteiger partial charge on any atom is 0.573 e. The van der Waals surface area contributed by atoms with Crippen molar-refractivity contribution >= 4 is 5.69 Å². The van der Waals surface area contributed by atoms with E-state index in [4.69, 9.17) is 0 Å². The first kappa shape index (κ1) is 9.18. The molecule has 0 spiro atoms. The van der Waals surface area contributed by atoms with E-state index in [1.807, 2.05) is 4.90 Å². The van der Waals surface area contributed by atoms with Crippen LogP contribution in [0.2, 0.25) is 0 Å². The Morgan fingerprint density at radius 2 is 1.64 bits per heavy atom. The Hall–Kier alpha value is -1.39. The van der Waals surface area contributed by atoms with Crippen LogP contribution in [0.1, 0.15) is 0 Å². The molecule has 2 nitrogen and oxygen atoms in total. The first-order chi connectivity index (χ1) is 6.54. The number of halogens is 3. The van der Waals surface area contributed by atoms with E-state index < -0.39 is 6.36 Å². The number of alkyl halides is 3. The Labute approximate surface area is 78.9 Å². The monoisotopic (exact) mass is 203 g/mol. The van der Waals surface area contributed by atoms with E-state index in [0.29, 0.717) is 0 Å². The van der Waals surface area contributed by atoms with Gasteiger partial charge in [-0.15, -0.1) is 13.2 Å². The second-order valence-corrected chi connectivity index (χ2v) is 3.03. The lowest BCUT2D eigenvalue weighted by Gasteiger charge is -2.09. The predicted molar refractivity (Wildman–Crippen MR) is 45.3 cm³/mol. The fourth-order valence-electron chi connectivity index (χ4n) is 1.17. The standard InChI is InChI=1S/C9H8F3NO/c10-9(11,12)14-8-3-1-7(2-4-8)13-5-6-13/h1-4H,5-6H2. The number of rotatable bonds is 2. The number of benzene rings is 1. The lowest BCUT2D eigenvalue weighted by molar-refractivity contribution is -0.274. The summed E-state index contributed by atoms with van der Waals surface area (Å²) in [6.07, 6.45) is -4.61. The molecule has 1 saturated heterocycles. The highest BCUT2D eigenvalue weighted by atomic mass is 19.4. The van der Waals surface area contributed by atoms with Crippen LogP contribution in [-0.2, 0) is 0 Å². The molecule has 1 aromatic rings. The molecule has 0 radical (unpaired) electrons. The number of hydrogen-bond acceptors (Lipinski definition) is 2. The number of anilines is 1. The zero-order chi connectivity index (χ0) is 10.2. The van der Waals surface area contributed by atoms with Gasteiger partial charge in [0.25, 0.3) is 0 Å². The van der Waals surface area contributed by atoms with Gasteiger partial charge in [-0.1, -0.05) is 0 Å². The van der Waals surface area contributed by atoms with Crippen LogP contribution < -0.4 is 9.64 Å². The van der Waals surface area contributed by atoms with Crippen molar-refractivity contribution < 1.29 is 17.9 Å². The Balaban J connectivity index is 2.06. The van der Waals surface area contributed by atoms with E-state index in [2.05, 4.69) is 4.74 Å². The summed E-state index contributed by atoms with van der Waals surface area (Å²) in [5, 5.41) is 0. The molecule has 0 aromatic heterocycles. The quantitative estimate of drug-likeness (QED) is 0.684. The molecule has 0 bridgehead atoms. The maximum atomic E-state index is 11.8. The molecule has 76 valence electrons. The van der Waals surface area contributed by atoms with Crippen molar-refractivity contribution in [2.24, 2.45) is 0 Å². The van der Waals surface area contributed by atoms with Gasteiger partial charge in [-0.2, -0.15) is 0 Å². The van der Waals surface area contributed by atoms with E-state index in [9.17, 15) is 13.2 Å². The minimum atomic E-state index is -4.61. The minimum absolute atomic E-state index is 0.178. The molecule has 2 rings (SSSR count). The van der Waals surface area contributed by atoms with Crippen molar-refractivity contribution in [1.82, 2.24) is 0 Å². The van der Waals surface area contributed by atoms with E-state index in [1.54, 1.807) is 12.1 Å². The zero-order valence-electron chi connectivity index (χ0n) is 7.21. The van der Waals surface area contributed by atoms with Gasteiger partial charge < -0.3 is 9.64 Å². The summed E-state index contributed by atoms with van der Waals surface area (Å²) < 4.78 is 39.1. The molecule has 0 aliphatic carbocycles. The molecule has 1 aliphatic rings. The molecule has 0 saturated carbocycles. The molecule has 0 N–H and O–H groups in total. The maximum absolute atomic E-state index is 11.8. The Bertz CT molecular complexity index is 316. The summed E-state index contributed by atoms with van der Waals surface area (Å²) in [6, 6.07) is 5.88. The SMILES string of the molecule is FC(F)(F)Oc1ccc(N2CC2)cc1. The van der Waals surface area contributed by atoms with Gasteiger partial charge in [0.15, 0.2) is 0 Å². The molecule has 5 heteroatoms. The highest BCUT2D eigenvalue weighted by Crippen LogP contribution is 2.27. The summed E-state index contributed by atoms with van der Waals surface area (Å²) in [6.45, 7) is 1.94.